The minimum atomic E-state index is -1.05. The molecule has 6 heteroatoms. The monoisotopic (exact) mass is 363 g/mol. The molecule has 2 bridgehead atoms. The highest BCUT2D eigenvalue weighted by atomic mass is 16.6. The Morgan fingerprint density at radius 2 is 1.96 bits per heavy atom. The number of hydrogen-bond donors (Lipinski definition) is 1. The molecule has 1 N–H and O–H groups in total. The van der Waals surface area contributed by atoms with E-state index in [4.69, 9.17) is 10.00 Å². The van der Waals surface area contributed by atoms with Gasteiger partial charge in [-0.2, -0.15) is 5.26 Å². The van der Waals surface area contributed by atoms with Crippen LogP contribution in [0.25, 0.3) is 0 Å². The van der Waals surface area contributed by atoms with Crippen molar-refractivity contribution in [1.82, 2.24) is 9.88 Å². The normalized spacial score (nSPS) is 26.4. The maximum Gasteiger partial charge on any atom is 0.410 e. The molecule has 2 saturated heterocycles. The summed E-state index contributed by atoms with van der Waals surface area (Å²) in [5.74, 6) is 0. The number of benzene rings is 1. The van der Waals surface area contributed by atoms with E-state index in [9.17, 15) is 9.90 Å². The van der Waals surface area contributed by atoms with Gasteiger partial charge < -0.3 is 14.7 Å². The van der Waals surface area contributed by atoms with Crippen molar-refractivity contribution in [3.63, 3.8) is 0 Å². The van der Waals surface area contributed by atoms with Gasteiger partial charge in [0, 0.05) is 31.1 Å². The summed E-state index contributed by atoms with van der Waals surface area (Å²) in [6.07, 6.45) is 3.82. The number of nitrogens with zero attached hydrogens (tertiary/aromatic N) is 3. The number of fused-ring (bicyclic) bond motifs is 2. The Balaban J connectivity index is 1.47. The molecule has 2 aliphatic rings. The summed E-state index contributed by atoms with van der Waals surface area (Å²) in [4.78, 5) is 18.4. The zero-order chi connectivity index (χ0) is 18.9. The number of carbonyl (C=O) groups excluding carboxylic acids is 1. The van der Waals surface area contributed by atoms with E-state index in [1.165, 1.54) is 0 Å². The van der Waals surface area contributed by atoms with E-state index in [-0.39, 0.29) is 30.5 Å². The van der Waals surface area contributed by atoms with Crippen LogP contribution in [0, 0.1) is 11.3 Å². The highest BCUT2D eigenvalue weighted by Crippen LogP contribution is 2.46. The maximum absolute atomic E-state index is 12.6. The fraction of sp³-hybridized carbons (Fsp3) is 0.381. The molecule has 0 spiro atoms. The lowest BCUT2D eigenvalue weighted by atomic mass is 9.81. The van der Waals surface area contributed by atoms with E-state index in [1.54, 1.807) is 23.2 Å². The molecule has 2 fully saturated rings. The topological polar surface area (TPSA) is 86.5 Å². The molecular formula is C21H21N3O3. The van der Waals surface area contributed by atoms with Crippen LogP contribution in [0.15, 0.2) is 48.7 Å². The molecule has 6 nitrogen and oxygen atoms in total. The predicted molar refractivity (Wildman–Crippen MR) is 97.4 cm³/mol. The molecule has 2 atom stereocenters. The second-order valence-electron chi connectivity index (χ2n) is 7.31. The van der Waals surface area contributed by atoms with Gasteiger partial charge in [0.15, 0.2) is 0 Å². The van der Waals surface area contributed by atoms with E-state index in [1.807, 2.05) is 36.4 Å². The molecule has 4 rings (SSSR count). The van der Waals surface area contributed by atoms with Gasteiger partial charge >= 0.3 is 6.09 Å². The maximum atomic E-state index is 12.6. The summed E-state index contributed by atoms with van der Waals surface area (Å²) in [5.41, 5.74) is 0.894. The third-order valence-corrected chi connectivity index (χ3v) is 5.59. The van der Waals surface area contributed by atoms with E-state index in [0.29, 0.717) is 18.4 Å². The molecule has 3 heterocycles. The summed E-state index contributed by atoms with van der Waals surface area (Å²) < 4.78 is 5.51. The van der Waals surface area contributed by atoms with Gasteiger partial charge in [-0.3, -0.25) is 0 Å². The van der Waals surface area contributed by atoms with Crippen molar-refractivity contribution in [3.05, 3.63) is 65.5 Å². The highest BCUT2D eigenvalue weighted by Gasteiger charge is 2.50. The largest absolute Gasteiger partial charge is 0.445 e. The number of ether oxygens (including phenoxy) is 1. The van der Waals surface area contributed by atoms with Gasteiger partial charge in [-0.15, -0.1) is 0 Å². The molecule has 138 valence electrons. The minimum Gasteiger partial charge on any atom is -0.445 e. The fourth-order valence-electron chi connectivity index (χ4n) is 4.33. The van der Waals surface area contributed by atoms with Crippen LogP contribution in [0.2, 0.25) is 0 Å². The zero-order valence-electron chi connectivity index (χ0n) is 14.9. The van der Waals surface area contributed by atoms with Gasteiger partial charge in [0.1, 0.15) is 18.4 Å². The van der Waals surface area contributed by atoms with Crippen molar-refractivity contribution in [1.29, 1.82) is 5.26 Å². The zero-order valence-corrected chi connectivity index (χ0v) is 14.9. The molecule has 2 aromatic rings. The van der Waals surface area contributed by atoms with Crippen LogP contribution in [0.4, 0.5) is 4.79 Å². The van der Waals surface area contributed by atoms with Crippen molar-refractivity contribution in [2.75, 3.05) is 0 Å². The minimum absolute atomic E-state index is 0.0595. The first-order chi connectivity index (χ1) is 13.1. The first-order valence-corrected chi connectivity index (χ1v) is 9.17. The lowest BCUT2D eigenvalue weighted by Gasteiger charge is -2.43. The third kappa shape index (κ3) is 3.38. The summed E-state index contributed by atoms with van der Waals surface area (Å²) in [5, 5.41) is 20.3. The molecule has 1 aromatic carbocycles. The quantitative estimate of drug-likeness (QED) is 0.905. The van der Waals surface area contributed by atoms with Crippen molar-refractivity contribution >= 4 is 6.09 Å². The van der Waals surface area contributed by atoms with Gasteiger partial charge in [-0.1, -0.05) is 30.3 Å². The molecule has 27 heavy (non-hydrogen) atoms. The predicted octanol–water partition coefficient (Wildman–Crippen LogP) is 3.10. The van der Waals surface area contributed by atoms with Crippen LogP contribution in [0.5, 0.6) is 0 Å². The fourth-order valence-corrected chi connectivity index (χ4v) is 4.33. The van der Waals surface area contributed by atoms with Gasteiger partial charge in [0.25, 0.3) is 0 Å². The van der Waals surface area contributed by atoms with E-state index in [0.717, 1.165) is 18.4 Å². The molecule has 0 aliphatic carbocycles. The van der Waals surface area contributed by atoms with Crippen LogP contribution >= 0.6 is 0 Å². The van der Waals surface area contributed by atoms with Crippen molar-refractivity contribution in [2.45, 2.75) is 50.0 Å². The first-order valence-electron chi connectivity index (χ1n) is 9.17. The number of carbonyl (C=O) groups is 1. The number of pyridine rings is 1. The van der Waals surface area contributed by atoms with E-state index >= 15 is 0 Å². The summed E-state index contributed by atoms with van der Waals surface area (Å²) in [6, 6.07) is 14.9. The van der Waals surface area contributed by atoms with Crippen LogP contribution in [-0.4, -0.2) is 33.2 Å². The Morgan fingerprint density at radius 1 is 1.26 bits per heavy atom. The number of nitriles is 1. The molecule has 2 unspecified atom stereocenters. The molecule has 2 aliphatic heterocycles. The number of rotatable bonds is 3. The number of hydrogen-bond acceptors (Lipinski definition) is 5. The van der Waals surface area contributed by atoms with Gasteiger partial charge in [0.05, 0.1) is 5.60 Å². The summed E-state index contributed by atoms with van der Waals surface area (Å²) in [6.45, 7) is 0.246. The lowest BCUT2D eigenvalue weighted by Crippen LogP contribution is -2.52. The summed E-state index contributed by atoms with van der Waals surface area (Å²) >= 11 is 0. The first kappa shape index (κ1) is 17.5. The summed E-state index contributed by atoms with van der Waals surface area (Å²) in [7, 11) is 0. The number of aromatic nitrogens is 1. The Bertz CT molecular complexity index is 864. The second kappa shape index (κ2) is 7.01. The van der Waals surface area contributed by atoms with Crippen LogP contribution < -0.4 is 0 Å². The van der Waals surface area contributed by atoms with Crippen molar-refractivity contribution in [2.24, 2.45) is 0 Å². The molecule has 0 radical (unpaired) electrons. The van der Waals surface area contributed by atoms with Crippen LogP contribution in [-0.2, 0) is 16.9 Å². The molecular weight excluding hydrogens is 342 g/mol. The second-order valence-corrected chi connectivity index (χ2v) is 7.31. The highest BCUT2D eigenvalue weighted by molar-refractivity contribution is 5.69. The Morgan fingerprint density at radius 3 is 2.63 bits per heavy atom. The molecule has 1 aromatic heterocycles. The van der Waals surface area contributed by atoms with Gasteiger partial charge in [-0.05, 0) is 36.1 Å². The lowest BCUT2D eigenvalue weighted by molar-refractivity contribution is -0.0537. The number of aliphatic hydroxyl groups is 1. The average Bonchev–Trinajstić information content (AvgIpc) is 2.99. The van der Waals surface area contributed by atoms with Gasteiger partial charge in [0.2, 0.25) is 0 Å². The Kier molecular flexibility index (Phi) is 4.54. The van der Waals surface area contributed by atoms with Crippen molar-refractivity contribution in [3.8, 4) is 6.07 Å². The van der Waals surface area contributed by atoms with E-state index in [2.05, 4.69) is 4.98 Å². The number of amides is 1. The third-order valence-electron chi connectivity index (χ3n) is 5.59. The molecule has 1 amide bonds. The number of piperidine rings is 1. The molecule has 0 saturated carbocycles. The van der Waals surface area contributed by atoms with E-state index < -0.39 is 5.60 Å². The Hall–Kier alpha value is -2.91. The standard InChI is InChI=1S/C21H21N3O3/c22-13-17-10-16(8-9-23-17)21(26)11-18-6-7-19(12-21)24(18)20(25)27-14-15-4-2-1-3-5-15/h1-5,8-10,18-19,26H,6-7,11-12,14H2. The smallest absolute Gasteiger partial charge is 0.410 e. The van der Waals surface area contributed by atoms with Crippen molar-refractivity contribution < 1.29 is 14.6 Å². The van der Waals surface area contributed by atoms with Gasteiger partial charge in [-0.25, -0.2) is 9.78 Å². The average molecular weight is 363 g/mol. The van der Waals surface area contributed by atoms with Crippen LogP contribution in [0.3, 0.4) is 0 Å². The Labute approximate surface area is 158 Å². The SMILES string of the molecule is N#Cc1cc(C2(O)CC3CCC(C2)N3C(=O)OCc2ccccc2)ccn1. The van der Waals surface area contributed by atoms with Crippen LogP contribution in [0.1, 0.15) is 42.5 Å².